The summed E-state index contributed by atoms with van der Waals surface area (Å²) in [5.74, 6) is 1.49. The van der Waals surface area contributed by atoms with Gasteiger partial charge in [0, 0.05) is 25.0 Å². The molecule has 2 aliphatic rings. The summed E-state index contributed by atoms with van der Waals surface area (Å²) in [6.07, 6.45) is 6.21. The molecular weight excluding hydrogens is 326 g/mol. The summed E-state index contributed by atoms with van der Waals surface area (Å²) in [6, 6.07) is 6.28. The Morgan fingerprint density at radius 3 is 3.08 bits per heavy atom. The van der Waals surface area contributed by atoms with Crippen molar-refractivity contribution in [2.24, 2.45) is 0 Å². The fourth-order valence-corrected chi connectivity index (χ4v) is 3.58. The van der Waals surface area contributed by atoms with Crippen LogP contribution < -0.4 is 14.8 Å². The molecule has 1 N–H and O–H groups in total. The number of aromatic nitrogens is 2. The normalized spacial score (nSPS) is 16.9. The van der Waals surface area contributed by atoms with Crippen molar-refractivity contribution in [2.75, 3.05) is 6.79 Å². The molecule has 7 heteroatoms. The number of carbonyl (C=O) groups excluding carboxylic acids is 1. The van der Waals surface area contributed by atoms with Gasteiger partial charge in [0.15, 0.2) is 16.7 Å². The Hall–Kier alpha value is -2.15. The van der Waals surface area contributed by atoms with Crippen molar-refractivity contribution in [3.63, 3.8) is 0 Å². The minimum atomic E-state index is -0.195. The molecule has 126 valence electrons. The lowest BCUT2D eigenvalue weighted by Crippen LogP contribution is -2.30. The van der Waals surface area contributed by atoms with E-state index in [-0.39, 0.29) is 18.0 Å². The van der Waals surface area contributed by atoms with Gasteiger partial charge in [0.25, 0.3) is 0 Å². The van der Waals surface area contributed by atoms with Crippen molar-refractivity contribution < 1.29 is 14.3 Å². The highest BCUT2D eigenvalue weighted by molar-refractivity contribution is 8.00. The standard InChI is InChI=1S/C17H19N3O3S/c1-11(24-17-18-6-7-20(17)13-3-4-13)16(21)19-9-12-2-5-14-15(8-12)23-10-22-14/h2,5-8,11,13H,3-4,9-10H2,1H3,(H,19,21)/t11-/m0/s1. The molecule has 0 bridgehead atoms. The highest BCUT2D eigenvalue weighted by Crippen LogP contribution is 2.38. The quantitative estimate of drug-likeness (QED) is 0.816. The number of ether oxygens (including phenoxy) is 2. The van der Waals surface area contributed by atoms with Gasteiger partial charge in [-0.2, -0.15) is 0 Å². The molecule has 1 aromatic heterocycles. The molecule has 1 fully saturated rings. The van der Waals surface area contributed by atoms with Crippen LogP contribution in [0.4, 0.5) is 0 Å². The summed E-state index contributed by atoms with van der Waals surface area (Å²) in [6.45, 7) is 2.63. The molecule has 0 saturated heterocycles. The van der Waals surface area contributed by atoms with Crippen molar-refractivity contribution in [3.8, 4) is 11.5 Å². The van der Waals surface area contributed by atoms with E-state index in [4.69, 9.17) is 9.47 Å². The average Bonchev–Trinajstić information content (AvgIpc) is 3.14. The first-order chi connectivity index (χ1) is 11.7. The molecule has 0 unspecified atom stereocenters. The molecule has 6 nitrogen and oxygen atoms in total. The Labute approximate surface area is 144 Å². The number of amides is 1. The Morgan fingerprint density at radius 1 is 1.42 bits per heavy atom. The Balaban J connectivity index is 1.33. The van der Waals surface area contributed by atoms with E-state index in [1.165, 1.54) is 24.6 Å². The molecular formula is C17H19N3O3S. The summed E-state index contributed by atoms with van der Waals surface area (Å²) in [4.78, 5) is 16.7. The second-order valence-electron chi connectivity index (χ2n) is 6.01. The van der Waals surface area contributed by atoms with Crippen molar-refractivity contribution in [1.29, 1.82) is 0 Å². The van der Waals surface area contributed by atoms with E-state index < -0.39 is 0 Å². The minimum Gasteiger partial charge on any atom is -0.454 e. The number of hydrogen-bond donors (Lipinski definition) is 1. The van der Waals surface area contributed by atoms with E-state index >= 15 is 0 Å². The third kappa shape index (κ3) is 3.21. The Bertz CT molecular complexity index is 757. The first kappa shape index (κ1) is 15.4. The first-order valence-corrected chi connectivity index (χ1v) is 8.94. The van der Waals surface area contributed by atoms with Gasteiger partial charge in [-0.05, 0) is 37.5 Å². The fourth-order valence-electron chi connectivity index (χ4n) is 2.62. The average molecular weight is 345 g/mol. The van der Waals surface area contributed by atoms with Gasteiger partial charge in [-0.25, -0.2) is 4.98 Å². The van der Waals surface area contributed by atoms with Gasteiger partial charge in [0.05, 0.1) is 5.25 Å². The molecule has 0 radical (unpaired) electrons. The van der Waals surface area contributed by atoms with Gasteiger partial charge in [-0.3, -0.25) is 4.79 Å². The van der Waals surface area contributed by atoms with Crippen LogP contribution in [-0.2, 0) is 11.3 Å². The monoisotopic (exact) mass is 345 g/mol. The molecule has 4 rings (SSSR count). The van der Waals surface area contributed by atoms with E-state index in [0.717, 1.165) is 22.2 Å². The number of thioether (sulfide) groups is 1. The summed E-state index contributed by atoms with van der Waals surface area (Å²) < 4.78 is 12.8. The van der Waals surface area contributed by atoms with Gasteiger partial charge in [-0.1, -0.05) is 17.8 Å². The van der Waals surface area contributed by atoms with Crippen LogP contribution in [-0.4, -0.2) is 27.5 Å². The summed E-state index contributed by atoms with van der Waals surface area (Å²) in [7, 11) is 0. The maximum Gasteiger partial charge on any atom is 0.233 e. The number of imidazole rings is 1. The molecule has 1 aliphatic heterocycles. The predicted molar refractivity (Wildman–Crippen MR) is 90.2 cm³/mol. The zero-order valence-corrected chi connectivity index (χ0v) is 14.2. The van der Waals surface area contributed by atoms with Gasteiger partial charge < -0.3 is 19.4 Å². The van der Waals surface area contributed by atoms with Crippen molar-refractivity contribution in [3.05, 3.63) is 36.2 Å². The van der Waals surface area contributed by atoms with Crippen molar-refractivity contribution >= 4 is 17.7 Å². The third-order valence-corrected chi connectivity index (χ3v) is 5.22. The molecule has 1 aliphatic carbocycles. The fraction of sp³-hybridized carbons (Fsp3) is 0.412. The molecule has 24 heavy (non-hydrogen) atoms. The smallest absolute Gasteiger partial charge is 0.233 e. The Morgan fingerprint density at radius 2 is 2.25 bits per heavy atom. The van der Waals surface area contributed by atoms with Crippen molar-refractivity contribution in [1.82, 2.24) is 14.9 Å². The maximum absolute atomic E-state index is 12.3. The highest BCUT2D eigenvalue weighted by atomic mass is 32.2. The number of nitrogens with zero attached hydrogens (tertiary/aromatic N) is 2. The van der Waals surface area contributed by atoms with Crippen LogP contribution >= 0.6 is 11.8 Å². The van der Waals surface area contributed by atoms with Gasteiger partial charge in [0.1, 0.15) is 0 Å². The lowest BCUT2D eigenvalue weighted by atomic mass is 10.2. The number of rotatable bonds is 6. The molecule has 1 amide bonds. The van der Waals surface area contributed by atoms with Crippen LogP contribution in [0.25, 0.3) is 0 Å². The first-order valence-electron chi connectivity index (χ1n) is 8.06. The molecule has 2 aromatic rings. The molecule has 2 heterocycles. The molecule has 1 aromatic carbocycles. The van der Waals surface area contributed by atoms with E-state index in [9.17, 15) is 4.79 Å². The van der Waals surface area contributed by atoms with E-state index in [1.54, 1.807) is 6.20 Å². The molecule has 1 atom stereocenters. The maximum atomic E-state index is 12.3. The topological polar surface area (TPSA) is 65.4 Å². The van der Waals surface area contributed by atoms with Gasteiger partial charge in [-0.15, -0.1) is 0 Å². The predicted octanol–water partition coefficient (Wildman–Crippen LogP) is 2.74. The second-order valence-corrected chi connectivity index (χ2v) is 7.32. The zero-order valence-electron chi connectivity index (χ0n) is 13.4. The van der Waals surface area contributed by atoms with Crippen LogP contribution in [0.2, 0.25) is 0 Å². The Kier molecular flexibility index (Phi) is 4.10. The number of nitrogens with one attached hydrogen (secondary N) is 1. The highest BCUT2D eigenvalue weighted by Gasteiger charge is 2.27. The largest absolute Gasteiger partial charge is 0.454 e. The van der Waals surface area contributed by atoms with Crippen LogP contribution in [0.5, 0.6) is 11.5 Å². The van der Waals surface area contributed by atoms with Gasteiger partial charge in [0.2, 0.25) is 12.7 Å². The van der Waals surface area contributed by atoms with Gasteiger partial charge >= 0.3 is 0 Å². The van der Waals surface area contributed by atoms with Crippen LogP contribution in [0.1, 0.15) is 31.4 Å². The SMILES string of the molecule is C[C@H](Sc1nccn1C1CC1)C(=O)NCc1ccc2c(c1)OCO2. The lowest BCUT2D eigenvalue weighted by molar-refractivity contribution is -0.120. The summed E-state index contributed by atoms with van der Waals surface area (Å²) in [5, 5.41) is 3.70. The number of carbonyl (C=O) groups is 1. The number of benzene rings is 1. The zero-order chi connectivity index (χ0) is 16.5. The number of fused-ring (bicyclic) bond motifs is 1. The summed E-state index contributed by atoms with van der Waals surface area (Å²) >= 11 is 1.50. The number of hydrogen-bond acceptors (Lipinski definition) is 5. The molecule has 0 spiro atoms. The third-order valence-electron chi connectivity index (χ3n) is 4.13. The van der Waals surface area contributed by atoms with E-state index in [2.05, 4.69) is 14.9 Å². The van der Waals surface area contributed by atoms with Crippen LogP contribution in [0, 0.1) is 0 Å². The van der Waals surface area contributed by atoms with E-state index in [1.807, 2.05) is 31.3 Å². The second kappa shape index (κ2) is 6.39. The van der Waals surface area contributed by atoms with Crippen LogP contribution in [0.3, 0.4) is 0 Å². The van der Waals surface area contributed by atoms with Crippen molar-refractivity contribution in [2.45, 2.75) is 42.8 Å². The molecule has 1 saturated carbocycles. The summed E-state index contributed by atoms with van der Waals surface area (Å²) in [5.41, 5.74) is 0.990. The van der Waals surface area contributed by atoms with Crippen LogP contribution in [0.15, 0.2) is 35.7 Å². The van der Waals surface area contributed by atoms with E-state index in [0.29, 0.717) is 12.6 Å². The lowest BCUT2D eigenvalue weighted by Gasteiger charge is -2.13. The minimum absolute atomic E-state index is 0.00279.